The molecule has 0 radical (unpaired) electrons. The van der Waals surface area contributed by atoms with Crippen LogP contribution in [0.1, 0.15) is 130 Å². The van der Waals surface area contributed by atoms with E-state index in [0.717, 1.165) is 73.0 Å². The van der Waals surface area contributed by atoms with Gasteiger partial charge in [0.1, 0.15) is 15.3 Å². The molecule has 4 saturated carbocycles. The van der Waals surface area contributed by atoms with Gasteiger partial charge in [0.05, 0.1) is 21.1 Å². The van der Waals surface area contributed by atoms with Crippen molar-refractivity contribution >= 4 is 54.9 Å². The number of aryl methyl sites for hydroxylation is 4. The number of carbonyl (C=O) groups excluding carboxylic acids is 2. The zero-order valence-electron chi connectivity index (χ0n) is 26.0. The highest BCUT2D eigenvalue weighted by atomic mass is 32.1. The lowest BCUT2D eigenvalue weighted by Crippen LogP contribution is -2.51. The molecule has 8 rings (SSSR count). The van der Waals surface area contributed by atoms with E-state index in [1.54, 1.807) is 6.92 Å². The second-order valence-corrected chi connectivity index (χ2v) is 15.5. The van der Waals surface area contributed by atoms with E-state index < -0.39 is 5.67 Å². The zero-order valence-corrected chi connectivity index (χ0v) is 27.6. The van der Waals surface area contributed by atoms with Gasteiger partial charge in [-0.1, -0.05) is 0 Å². The standard InChI is InChI=1S/C17H20FN3OS.C16H19N3OS/c1-8-9(2)20-21-16-12(8)13(10-4-5-10)14(23-16)15(22)19-11-6-17(3,18)7-11;1-8-9(2)18-19-16-12(8)13(10-6-7-10)14(21-16)15(20)17-11-4-3-5-11/h10-11H,4-7H2,1-3H3,(H,19,22);10-11H,3-7H2,1-2H3,(H,17,20). The van der Waals surface area contributed by atoms with Gasteiger partial charge in [-0.05, 0) is 114 Å². The van der Waals surface area contributed by atoms with Gasteiger partial charge in [-0.2, -0.15) is 10.2 Å². The van der Waals surface area contributed by atoms with Crippen LogP contribution in [0.5, 0.6) is 0 Å². The van der Waals surface area contributed by atoms with Gasteiger partial charge in [0.2, 0.25) is 0 Å². The third kappa shape index (κ3) is 5.50. The van der Waals surface area contributed by atoms with Gasteiger partial charge in [0.15, 0.2) is 0 Å². The minimum Gasteiger partial charge on any atom is -0.349 e. The first-order valence-electron chi connectivity index (χ1n) is 15.8. The lowest BCUT2D eigenvalue weighted by atomic mass is 9.79. The quantitative estimate of drug-likeness (QED) is 0.231. The molecule has 2 N–H and O–H groups in total. The van der Waals surface area contributed by atoms with Crippen LogP contribution in [0.3, 0.4) is 0 Å². The molecule has 4 aromatic heterocycles. The van der Waals surface area contributed by atoms with Gasteiger partial charge in [0, 0.05) is 35.7 Å². The van der Waals surface area contributed by atoms with Crippen molar-refractivity contribution in [3.8, 4) is 0 Å². The summed E-state index contributed by atoms with van der Waals surface area (Å²) in [7, 11) is 0. The maximum absolute atomic E-state index is 13.6. The molecule has 0 aliphatic heterocycles. The summed E-state index contributed by atoms with van der Waals surface area (Å²) < 4.78 is 13.6. The summed E-state index contributed by atoms with van der Waals surface area (Å²) in [6, 6.07) is 0.326. The molecule has 0 atom stereocenters. The molecule has 232 valence electrons. The number of nitrogens with zero attached hydrogens (tertiary/aromatic N) is 4. The van der Waals surface area contributed by atoms with Crippen LogP contribution in [0.15, 0.2) is 0 Å². The van der Waals surface area contributed by atoms with Crippen molar-refractivity contribution in [3.05, 3.63) is 43.4 Å². The minimum atomic E-state index is -1.13. The molecule has 4 aliphatic rings. The summed E-state index contributed by atoms with van der Waals surface area (Å²) in [5, 5.41) is 25.5. The highest BCUT2D eigenvalue weighted by Crippen LogP contribution is 2.50. The summed E-state index contributed by atoms with van der Waals surface area (Å²) >= 11 is 2.93. The van der Waals surface area contributed by atoms with Crippen LogP contribution in [0, 0.1) is 27.7 Å². The molecule has 0 unspecified atom stereocenters. The number of thiophene rings is 2. The first-order chi connectivity index (χ1) is 21.0. The van der Waals surface area contributed by atoms with E-state index in [-0.39, 0.29) is 17.9 Å². The molecule has 0 bridgehead atoms. The molecule has 4 fully saturated rings. The van der Waals surface area contributed by atoms with E-state index in [0.29, 0.717) is 30.7 Å². The second-order valence-electron chi connectivity index (χ2n) is 13.5. The van der Waals surface area contributed by atoms with Crippen LogP contribution in [0.25, 0.3) is 20.4 Å². The van der Waals surface area contributed by atoms with Crippen molar-refractivity contribution in [2.24, 2.45) is 0 Å². The Balaban J connectivity index is 0.000000143. The molecular formula is C33H39FN6O2S2. The molecule has 0 aromatic carbocycles. The van der Waals surface area contributed by atoms with Crippen LogP contribution < -0.4 is 10.6 Å². The number of fused-ring (bicyclic) bond motifs is 2. The smallest absolute Gasteiger partial charge is 0.261 e. The molecule has 8 nitrogen and oxygen atoms in total. The Morgan fingerprint density at radius 3 is 1.50 bits per heavy atom. The van der Waals surface area contributed by atoms with E-state index >= 15 is 0 Å². The van der Waals surface area contributed by atoms with Crippen molar-refractivity contribution in [1.29, 1.82) is 0 Å². The van der Waals surface area contributed by atoms with Gasteiger partial charge in [0.25, 0.3) is 11.8 Å². The van der Waals surface area contributed by atoms with Crippen LogP contribution in [-0.2, 0) is 0 Å². The lowest BCUT2D eigenvalue weighted by Gasteiger charge is -2.38. The monoisotopic (exact) mass is 634 g/mol. The van der Waals surface area contributed by atoms with Gasteiger partial charge >= 0.3 is 0 Å². The van der Waals surface area contributed by atoms with Crippen molar-refractivity contribution in [2.45, 2.75) is 122 Å². The summed E-state index contributed by atoms with van der Waals surface area (Å²) in [5.74, 6) is 1.02. The van der Waals surface area contributed by atoms with E-state index in [4.69, 9.17) is 0 Å². The summed E-state index contributed by atoms with van der Waals surface area (Å²) in [6.45, 7) is 9.68. The molecular weight excluding hydrogens is 596 g/mol. The predicted molar refractivity (Wildman–Crippen MR) is 173 cm³/mol. The number of alkyl halides is 1. The molecule has 0 saturated heterocycles. The first-order valence-corrected chi connectivity index (χ1v) is 17.5. The molecule has 4 heterocycles. The van der Waals surface area contributed by atoms with Crippen LogP contribution in [0.4, 0.5) is 4.39 Å². The Hall–Kier alpha value is -3.05. The largest absolute Gasteiger partial charge is 0.349 e. The predicted octanol–water partition coefficient (Wildman–Crippen LogP) is 7.27. The number of rotatable bonds is 6. The number of hydrogen-bond acceptors (Lipinski definition) is 8. The van der Waals surface area contributed by atoms with Gasteiger partial charge in [-0.15, -0.1) is 32.9 Å². The summed E-state index contributed by atoms with van der Waals surface area (Å²) in [4.78, 5) is 28.7. The van der Waals surface area contributed by atoms with Gasteiger partial charge in [-0.3, -0.25) is 9.59 Å². The number of aromatic nitrogens is 4. The Morgan fingerprint density at radius 2 is 1.14 bits per heavy atom. The Kier molecular flexibility index (Phi) is 7.47. The lowest BCUT2D eigenvalue weighted by molar-refractivity contribution is 0.0446. The first kappa shape index (κ1) is 29.6. The molecule has 2 amide bonds. The Labute approximate surface area is 264 Å². The van der Waals surface area contributed by atoms with Crippen molar-refractivity contribution in [1.82, 2.24) is 31.0 Å². The van der Waals surface area contributed by atoms with E-state index in [1.807, 2.05) is 20.8 Å². The number of carbonyl (C=O) groups is 2. The third-order valence-electron chi connectivity index (χ3n) is 9.77. The zero-order chi connectivity index (χ0) is 30.9. The minimum absolute atomic E-state index is 0.0521. The average Bonchev–Trinajstić information content (AvgIpc) is 3.89. The van der Waals surface area contributed by atoms with Crippen molar-refractivity contribution < 1.29 is 14.0 Å². The SMILES string of the molecule is Cc1nnc2sc(C(=O)NC3CC(C)(F)C3)c(C3CC3)c2c1C.Cc1nnc2sc(C(=O)NC3CCC3)c(C3CC3)c2c1C. The maximum atomic E-state index is 13.6. The molecule has 11 heteroatoms. The molecule has 4 aliphatic carbocycles. The third-order valence-corrected chi connectivity index (χ3v) is 12.0. The molecule has 4 aromatic rings. The molecule has 0 spiro atoms. The van der Waals surface area contributed by atoms with E-state index in [2.05, 4.69) is 38.0 Å². The topological polar surface area (TPSA) is 110 Å². The highest BCUT2D eigenvalue weighted by Gasteiger charge is 2.42. The Morgan fingerprint density at radius 1 is 0.705 bits per heavy atom. The van der Waals surface area contributed by atoms with Crippen LogP contribution in [0.2, 0.25) is 0 Å². The fourth-order valence-corrected chi connectivity index (χ4v) is 8.81. The number of nitrogens with one attached hydrogen (secondary N) is 2. The normalized spacial score (nSPS) is 23.1. The van der Waals surface area contributed by atoms with E-state index in [9.17, 15) is 14.0 Å². The van der Waals surface area contributed by atoms with Crippen LogP contribution >= 0.6 is 22.7 Å². The van der Waals surface area contributed by atoms with Crippen molar-refractivity contribution in [2.75, 3.05) is 0 Å². The highest BCUT2D eigenvalue weighted by molar-refractivity contribution is 7.21. The van der Waals surface area contributed by atoms with E-state index in [1.165, 1.54) is 58.4 Å². The fraction of sp³-hybridized carbons (Fsp3) is 0.576. The van der Waals surface area contributed by atoms with Gasteiger partial charge < -0.3 is 10.6 Å². The number of amides is 2. The summed E-state index contributed by atoms with van der Waals surface area (Å²) in [6.07, 6.45) is 8.91. The average molecular weight is 635 g/mol. The van der Waals surface area contributed by atoms with Crippen LogP contribution in [-0.4, -0.2) is 50.0 Å². The maximum Gasteiger partial charge on any atom is 0.261 e. The summed E-state index contributed by atoms with van der Waals surface area (Å²) in [5.41, 5.74) is 5.43. The van der Waals surface area contributed by atoms with Gasteiger partial charge in [-0.25, -0.2) is 4.39 Å². The van der Waals surface area contributed by atoms with Crippen molar-refractivity contribution in [3.63, 3.8) is 0 Å². The number of halogens is 1. The fourth-order valence-electron chi connectivity index (χ4n) is 6.47. The molecule has 44 heavy (non-hydrogen) atoms. The Bertz CT molecular complexity index is 1790. The second kappa shape index (κ2) is 11.1. The number of hydrogen-bond donors (Lipinski definition) is 2.